The van der Waals surface area contributed by atoms with E-state index in [1.54, 1.807) is 0 Å². The van der Waals surface area contributed by atoms with Crippen LogP contribution in [0.25, 0.3) is 0 Å². The maximum Gasteiger partial charge on any atom is 0.162 e. The molecule has 133 valence electrons. The lowest BCUT2D eigenvalue weighted by molar-refractivity contribution is -0.0280. The van der Waals surface area contributed by atoms with Crippen LogP contribution in [0.4, 0.5) is 0 Å². The Bertz CT molecular complexity index is 794. The van der Waals surface area contributed by atoms with Crippen LogP contribution in [0.1, 0.15) is 32.2 Å². The van der Waals surface area contributed by atoms with Gasteiger partial charge in [0.05, 0.1) is 17.0 Å². The smallest absolute Gasteiger partial charge is 0.162 e. The van der Waals surface area contributed by atoms with Crippen molar-refractivity contribution in [1.29, 1.82) is 0 Å². The van der Waals surface area contributed by atoms with Gasteiger partial charge in [-0.25, -0.2) is 4.98 Å². The van der Waals surface area contributed by atoms with Gasteiger partial charge in [-0.15, -0.1) is 0 Å². The molecule has 1 heterocycles. The number of pyridine rings is 1. The highest BCUT2D eigenvalue weighted by Gasteiger charge is 2.34. The minimum absolute atomic E-state index is 0.0951. The van der Waals surface area contributed by atoms with Crippen molar-refractivity contribution >= 4 is 35.1 Å². The average molecular weight is 425 g/mol. The van der Waals surface area contributed by atoms with Gasteiger partial charge in [-0.3, -0.25) is 0 Å². The van der Waals surface area contributed by atoms with Gasteiger partial charge >= 0.3 is 0 Å². The van der Waals surface area contributed by atoms with Crippen LogP contribution in [-0.2, 0) is 4.74 Å². The molecule has 0 aliphatic heterocycles. The van der Waals surface area contributed by atoms with Crippen LogP contribution in [0.3, 0.4) is 0 Å². The molecule has 4 heteroatoms. The Balaban J connectivity index is 2.15. The molecule has 0 bridgehead atoms. The number of aromatic nitrogens is 1. The molecule has 0 aliphatic rings. The van der Waals surface area contributed by atoms with Crippen molar-refractivity contribution in [2.24, 2.45) is 0 Å². The number of benzene rings is 2. The summed E-state index contributed by atoms with van der Waals surface area (Å²) in [4.78, 5) is 4.75. The maximum absolute atomic E-state index is 6.61. The van der Waals surface area contributed by atoms with E-state index >= 15 is 0 Å². The largest absolute Gasteiger partial charge is 0.369 e. The van der Waals surface area contributed by atoms with Crippen LogP contribution in [-0.4, -0.2) is 19.4 Å². The highest BCUT2D eigenvalue weighted by Crippen LogP contribution is 2.26. The highest BCUT2D eigenvalue weighted by atomic mass is 79.9. The van der Waals surface area contributed by atoms with Crippen molar-refractivity contribution in [3.8, 4) is 0 Å². The fourth-order valence-electron chi connectivity index (χ4n) is 2.90. The van der Waals surface area contributed by atoms with Gasteiger partial charge in [-0.2, -0.15) is 0 Å². The molecular weight excluding hydrogens is 402 g/mol. The van der Waals surface area contributed by atoms with Crippen molar-refractivity contribution in [2.45, 2.75) is 32.1 Å². The number of rotatable bonds is 5. The first kappa shape index (κ1) is 19.0. The molecule has 26 heavy (non-hydrogen) atoms. The van der Waals surface area contributed by atoms with E-state index in [1.807, 2.05) is 12.1 Å². The maximum atomic E-state index is 6.61. The fraction of sp³-hybridized carbons (Fsp3) is 0.227. The van der Waals surface area contributed by atoms with Crippen LogP contribution in [0.5, 0.6) is 0 Å². The van der Waals surface area contributed by atoms with Crippen molar-refractivity contribution in [3.63, 3.8) is 0 Å². The van der Waals surface area contributed by atoms with E-state index in [0.717, 1.165) is 10.3 Å². The summed E-state index contributed by atoms with van der Waals surface area (Å²) < 4.78 is 7.45. The molecule has 0 saturated carbocycles. The van der Waals surface area contributed by atoms with E-state index in [4.69, 9.17) is 9.72 Å². The average Bonchev–Trinajstić information content (AvgIpc) is 2.62. The van der Waals surface area contributed by atoms with Crippen molar-refractivity contribution in [3.05, 3.63) is 89.2 Å². The van der Waals surface area contributed by atoms with E-state index in [9.17, 15) is 0 Å². The van der Waals surface area contributed by atoms with E-state index in [1.165, 1.54) is 10.4 Å². The third-order valence-corrected chi connectivity index (χ3v) is 7.20. The summed E-state index contributed by atoms with van der Waals surface area (Å²) >= 11 is 3.52. The molecule has 1 aromatic heterocycles. The molecule has 0 saturated heterocycles. The highest BCUT2D eigenvalue weighted by molar-refractivity contribution is 9.10. The molecule has 1 unspecified atom stereocenters. The Morgan fingerprint density at radius 3 is 1.81 bits per heavy atom. The van der Waals surface area contributed by atoms with Gasteiger partial charge in [0.15, 0.2) is 8.80 Å². The summed E-state index contributed by atoms with van der Waals surface area (Å²) in [7, 11) is -1.25. The van der Waals surface area contributed by atoms with Gasteiger partial charge in [0.1, 0.15) is 4.60 Å². The molecule has 0 amide bonds. The number of halogens is 1. The predicted octanol–water partition coefficient (Wildman–Crippen LogP) is 4.55. The van der Waals surface area contributed by atoms with E-state index in [-0.39, 0.29) is 11.3 Å². The summed E-state index contributed by atoms with van der Waals surface area (Å²) in [6.45, 7) is 6.31. The molecule has 0 fully saturated rings. The summed E-state index contributed by atoms with van der Waals surface area (Å²) in [5.41, 5.74) is 0.604. The van der Waals surface area contributed by atoms with Crippen LogP contribution in [0.2, 0.25) is 0 Å². The molecule has 1 atom stereocenters. The lowest BCUT2D eigenvalue weighted by Crippen LogP contribution is -2.50. The summed E-state index contributed by atoms with van der Waals surface area (Å²) in [6.07, 6.45) is 0. The first-order valence-electron chi connectivity index (χ1n) is 8.72. The van der Waals surface area contributed by atoms with E-state index < -0.39 is 8.80 Å². The topological polar surface area (TPSA) is 22.1 Å². The Kier molecular flexibility index (Phi) is 6.07. The number of ether oxygens (including phenoxy) is 1. The van der Waals surface area contributed by atoms with Crippen LogP contribution >= 0.6 is 15.9 Å². The van der Waals surface area contributed by atoms with Crippen molar-refractivity contribution in [2.75, 3.05) is 0 Å². The second-order valence-electron chi connectivity index (χ2n) is 7.14. The molecular formula is C22H23BrNOSi. The molecule has 0 spiro atoms. The molecule has 0 aliphatic carbocycles. The molecule has 3 rings (SSSR count). The van der Waals surface area contributed by atoms with Gasteiger partial charge in [-0.1, -0.05) is 77.1 Å². The van der Waals surface area contributed by atoms with Crippen LogP contribution < -0.4 is 10.4 Å². The van der Waals surface area contributed by atoms with E-state index in [2.05, 4.69) is 103 Å². The minimum atomic E-state index is -1.25. The zero-order valence-corrected chi connectivity index (χ0v) is 17.9. The van der Waals surface area contributed by atoms with Crippen LogP contribution in [0.15, 0.2) is 83.5 Å². The molecule has 2 nitrogen and oxygen atoms in total. The molecule has 0 N–H and O–H groups in total. The SMILES string of the molecule is CC(C)(C)OC(c1cccc(Br)n1)[Si](c1ccccc1)c1ccccc1. The minimum Gasteiger partial charge on any atom is -0.369 e. The third-order valence-electron chi connectivity index (χ3n) is 3.91. The van der Waals surface area contributed by atoms with E-state index in [0.29, 0.717) is 0 Å². The standard InChI is InChI=1S/C22H23BrNOSi/c1-22(2,3)25-21(19-15-10-16-20(23)24-19)26(17-11-6-4-7-12-17)18-13-8-5-9-14-18/h4-16,21H,1-3H3. The zero-order chi connectivity index (χ0) is 18.6. The molecule has 3 aromatic rings. The summed E-state index contributed by atoms with van der Waals surface area (Å²) in [5, 5.41) is 2.64. The quantitative estimate of drug-likeness (QED) is 0.442. The molecule has 1 radical (unpaired) electrons. The monoisotopic (exact) mass is 424 g/mol. The van der Waals surface area contributed by atoms with Gasteiger partial charge in [-0.05, 0) is 48.8 Å². The summed E-state index contributed by atoms with van der Waals surface area (Å²) in [5.74, 6) is 0. The van der Waals surface area contributed by atoms with Crippen molar-refractivity contribution < 1.29 is 4.74 Å². The van der Waals surface area contributed by atoms with Crippen LogP contribution in [0, 0.1) is 0 Å². The Morgan fingerprint density at radius 2 is 1.35 bits per heavy atom. The van der Waals surface area contributed by atoms with Gasteiger partial charge in [0, 0.05) is 0 Å². The lowest BCUT2D eigenvalue weighted by atomic mass is 10.2. The zero-order valence-electron chi connectivity index (χ0n) is 15.3. The normalized spacial score (nSPS) is 13.0. The lowest BCUT2D eigenvalue weighted by Gasteiger charge is -2.32. The van der Waals surface area contributed by atoms with Gasteiger partial charge < -0.3 is 4.74 Å². The fourth-order valence-corrected chi connectivity index (χ4v) is 6.22. The first-order chi connectivity index (χ1) is 12.4. The number of nitrogens with zero attached hydrogens (tertiary/aromatic N) is 1. The second kappa shape index (κ2) is 8.29. The third kappa shape index (κ3) is 4.91. The number of hydrogen-bond donors (Lipinski definition) is 0. The Hall–Kier alpha value is -1.75. The second-order valence-corrected chi connectivity index (χ2v) is 10.5. The Labute approximate surface area is 166 Å². The van der Waals surface area contributed by atoms with Crippen molar-refractivity contribution in [1.82, 2.24) is 4.98 Å². The number of hydrogen-bond acceptors (Lipinski definition) is 2. The van der Waals surface area contributed by atoms with Gasteiger partial charge in [0.25, 0.3) is 0 Å². The Morgan fingerprint density at radius 1 is 0.808 bits per heavy atom. The molecule has 2 aromatic carbocycles. The van der Waals surface area contributed by atoms with Gasteiger partial charge in [0.2, 0.25) is 0 Å². The first-order valence-corrected chi connectivity index (χ1v) is 11.1. The predicted molar refractivity (Wildman–Crippen MR) is 113 cm³/mol. The summed E-state index contributed by atoms with van der Waals surface area (Å²) in [6, 6.07) is 27.4.